The molecule has 5 nitrogen and oxygen atoms in total. The summed E-state index contributed by atoms with van der Waals surface area (Å²) in [7, 11) is 1.52. The van der Waals surface area contributed by atoms with Crippen molar-refractivity contribution in [3.05, 3.63) is 58.1 Å². The Bertz CT molecular complexity index is 845. The molecule has 1 aliphatic rings. The molecule has 1 N–H and O–H groups in total. The minimum Gasteiger partial charge on any atom is -0.496 e. The van der Waals surface area contributed by atoms with Crippen LogP contribution in [0.15, 0.2) is 36.4 Å². The molecule has 2 amide bonds. The monoisotopic (exact) mass is 372 g/mol. The number of nitrogens with zero attached hydrogens (tertiary/aromatic N) is 1. The molecule has 26 heavy (non-hydrogen) atoms. The van der Waals surface area contributed by atoms with Crippen molar-refractivity contribution < 1.29 is 14.3 Å². The number of nitrogens with one attached hydrogen (secondary N) is 1. The molecular formula is C20H21ClN2O3. The largest absolute Gasteiger partial charge is 0.496 e. The summed E-state index contributed by atoms with van der Waals surface area (Å²) in [4.78, 5) is 27.4. The van der Waals surface area contributed by atoms with Gasteiger partial charge in [0.1, 0.15) is 5.75 Å². The van der Waals surface area contributed by atoms with Crippen molar-refractivity contribution in [1.82, 2.24) is 4.90 Å². The molecule has 0 atom stereocenters. The molecule has 0 radical (unpaired) electrons. The molecular weight excluding hydrogens is 352 g/mol. The van der Waals surface area contributed by atoms with E-state index in [1.165, 1.54) is 7.11 Å². The number of rotatable bonds is 4. The fraction of sp³-hybridized carbons (Fsp3) is 0.300. The standard InChI is InChI=1S/C20H21ClN2O3/c1-13-5-8-18(26-2)16(11-13)19(24)22-17-7-6-14(21)12-15(17)20(25)23-9-3-4-10-23/h5-8,11-12H,3-4,9-10H2,1-2H3,(H,22,24). The number of methoxy groups -OCH3 is 1. The lowest BCUT2D eigenvalue weighted by Crippen LogP contribution is -2.29. The summed E-state index contributed by atoms with van der Waals surface area (Å²) in [5, 5.41) is 3.29. The summed E-state index contributed by atoms with van der Waals surface area (Å²) < 4.78 is 5.28. The maximum Gasteiger partial charge on any atom is 0.259 e. The summed E-state index contributed by atoms with van der Waals surface area (Å²) in [5.74, 6) is 0.0364. The molecule has 0 aliphatic carbocycles. The average Bonchev–Trinajstić information content (AvgIpc) is 3.17. The van der Waals surface area contributed by atoms with Crippen LogP contribution in [0.2, 0.25) is 5.02 Å². The first-order valence-electron chi connectivity index (χ1n) is 8.54. The average molecular weight is 373 g/mol. The van der Waals surface area contributed by atoms with E-state index in [9.17, 15) is 9.59 Å². The van der Waals surface area contributed by atoms with Gasteiger partial charge in [-0.25, -0.2) is 0 Å². The first-order valence-corrected chi connectivity index (χ1v) is 8.92. The molecule has 0 spiro atoms. The van der Waals surface area contributed by atoms with Crippen molar-refractivity contribution in [2.75, 3.05) is 25.5 Å². The Morgan fingerprint density at radius 1 is 1.08 bits per heavy atom. The van der Waals surface area contributed by atoms with Crippen molar-refractivity contribution >= 4 is 29.1 Å². The summed E-state index contributed by atoms with van der Waals surface area (Å²) in [6.07, 6.45) is 1.99. The number of likely N-dealkylation sites (tertiary alicyclic amines) is 1. The van der Waals surface area contributed by atoms with Gasteiger partial charge in [0.05, 0.1) is 23.9 Å². The van der Waals surface area contributed by atoms with E-state index in [2.05, 4.69) is 5.32 Å². The van der Waals surface area contributed by atoms with Crippen LogP contribution in [0.4, 0.5) is 5.69 Å². The van der Waals surface area contributed by atoms with Crippen LogP contribution in [0.5, 0.6) is 5.75 Å². The number of hydrogen-bond donors (Lipinski definition) is 1. The van der Waals surface area contributed by atoms with E-state index in [1.54, 1.807) is 35.2 Å². The second-order valence-electron chi connectivity index (χ2n) is 6.35. The van der Waals surface area contributed by atoms with Crippen LogP contribution in [0.25, 0.3) is 0 Å². The molecule has 0 bridgehead atoms. The van der Waals surface area contributed by atoms with Crippen molar-refractivity contribution in [1.29, 1.82) is 0 Å². The van der Waals surface area contributed by atoms with E-state index >= 15 is 0 Å². The fourth-order valence-corrected chi connectivity index (χ4v) is 3.25. The predicted octanol–water partition coefficient (Wildman–Crippen LogP) is 4.15. The van der Waals surface area contributed by atoms with Crippen LogP contribution in [-0.2, 0) is 0 Å². The van der Waals surface area contributed by atoms with Gasteiger partial charge in [0.25, 0.3) is 11.8 Å². The Hall–Kier alpha value is -2.53. The molecule has 0 saturated carbocycles. The zero-order valence-electron chi connectivity index (χ0n) is 14.8. The zero-order valence-corrected chi connectivity index (χ0v) is 15.6. The Morgan fingerprint density at radius 2 is 1.81 bits per heavy atom. The van der Waals surface area contributed by atoms with Gasteiger partial charge in [0, 0.05) is 18.1 Å². The summed E-state index contributed by atoms with van der Waals surface area (Å²) in [6, 6.07) is 10.3. The molecule has 1 fully saturated rings. The van der Waals surface area contributed by atoms with Gasteiger partial charge in [-0.1, -0.05) is 23.2 Å². The van der Waals surface area contributed by atoms with Crippen LogP contribution in [0.3, 0.4) is 0 Å². The quantitative estimate of drug-likeness (QED) is 0.877. The third-order valence-electron chi connectivity index (χ3n) is 4.45. The molecule has 1 heterocycles. The van der Waals surface area contributed by atoms with E-state index in [-0.39, 0.29) is 11.8 Å². The lowest BCUT2D eigenvalue weighted by molar-refractivity contribution is 0.0794. The molecule has 0 unspecified atom stereocenters. The lowest BCUT2D eigenvalue weighted by Gasteiger charge is -2.18. The van der Waals surface area contributed by atoms with E-state index in [0.717, 1.165) is 31.5 Å². The highest BCUT2D eigenvalue weighted by Gasteiger charge is 2.23. The topological polar surface area (TPSA) is 58.6 Å². The minimum atomic E-state index is -0.330. The Labute approximate surface area is 157 Å². The Kier molecular flexibility index (Phi) is 5.47. The first-order chi connectivity index (χ1) is 12.5. The summed E-state index contributed by atoms with van der Waals surface area (Å²) in [5.41, 5.74) is 2.21. The number of carbonyl (C=O) groups is 2. The van der Waals surface area contributed by atoms with Gasteiger partial charge in [-0.3, -0.25) is 9.59 Å². The molecule has 2 aromatic carbocycles. The molecule has 1 aliphatic heterocycles. The predicted molar refractivity (Wildman–Crippen MR) is 102 cm³/mol. The van der Waals surface area contributed by atoms with Crippen molar-refractivity contribution in [2.45, 2.75) is 19.8 Å². The molecule has 2 aromatic rings. The second-order valence-corrected chi connectivity index (χ2v) is 6.78. The second kappa shape index (κ2) is 7.79. The molecule has 6 heteroatoms. The number of amides is 2. The Balaban J connectivity index is 1.91. The number of ether oxygens (including phenoxy) is 1. The highest BCUT2D eigenvalue weighted by Crippen LogP contribution is 2.26. The molecule has 3 rings (SSSR count). The van der Waals surface area contributed by atoms with Crippen LogP contribution >= 0.6 is 11.6 Å². The first kappa shape index (κ1) is 18.3. The van der Waals surface area contributed by atoms with Gasteiger partial charge >= 0.3 is 0 Å². The van der Waals surface area contributed by atoms with E-state index in [4.69, 9.17) is 16.3 Å². The maximum atomic E-state index is 12.8. The van der Waals surface area contributed by atoms with Crippen LogP contribution in [0.1, 0.15) is 39.1 Å². The van der Waals surface area contributed by atoms with Crippen molar-refractivity contribution in [3.8, 4) is 5.75 Å². The number of anilines is 1. The van der Waals surface area contributed by atoms with Crippen LogP contribution < -0.4 is 10.1 Å². The molecule has 0 aromatic heterocycles. The molecule has 136 valence electrons. The van der Waals surface area contributed by atoms with E-state index in [0.29, 0.717) is 27.6 Å². The van der Waals surface area contributed by atoms with Crippen LogP contribution in [-0.4, -0.2) is 36.9 Å². The van der Waals surface area contributed by atoms with Crippen molar-refractivity contribution in [3.63, 3.8) is 0 Å². The van der Waals surface area contributed by atoms with Gasteiger partial charge in [-0.2, -0.15) is 0 Å². The SMILES string of the molecule is COc1ccc(C)cc1C(=O)Nc1ccc(Cl)cc1C(=O)N1CCCC1. The number of carbonyl (C=O) groups excluding carboxylic acids is 2. The van der Waals surface area contributed by atoms with Gasteiger partial charge in [-0.15, -0.1) is 0 Å². The smallest absolute Gasteiger partial charge is 0.259 e. The van der Waals surface area contributed by atoms with Gasteiger partial charge in [-0.05, 0) is 50.1 Å². The normalized spacial score (nSPS) is 13.6. The van der Waals surface area contributed by atoms with Crippen molar-refractivity contribution in [2.24, 2.45) is 0 Å². The van der Waals surface area contributed by atoms with E-state index < -0.39 is 0 Å². The highest BCUT2D eigenvalue weighted by atomic mass is 35.5. The lowest BCUT2D eigenvalue weighted by atomic mass is 10.1. The number of hydrogen-bond acceptors (Lipinski definition) is 3. The van der Waals surface area contributed by atoms with Gasteiger partial charge in [0.2, 0.25) is 0 Å². The molecule has 1 saturated heterocycles. The van der Waals surface area contributed by atoms with Gasteiger partial charge < -0.3 is 15.0 Å². The summed E-state index contributed by atoms with van der Waals surface area (Å²) in [6.45, 7) is 3.36. The summed E-state index contributed by atoms with van der Waals surface area (Å²) >= 11 is 6.09. The minimum absolute atomic E-state index is 0.114. The van der Waals surface area contributed by atoms with E-state index in [1.807, 2.05) is 13.0 Å². The number of aryl methyl sites for hydroxylation is 1. The highest BCUT2D eigenvalue weighted by molar-refractivity contribution is 6.31. The number of benzene rings is 2. The zero-order chi connectivity index (χ0) is 18.7. The maximum absolute atomic E-state index is 12.8. The third-order valence-corrected chi connectivity index (χ3v) is 4.69. The third kappa shape index (κ3) is 3.83. The Morgan fingerprint density at radius 3 is 2.50 bits per heavy atom. The van der Waals surface area contributed by atoms with Gasteiger partial charge in [0.15, 0.2) is 0 Å². The fourth-order valence-electron chi connectivity index (χ4n) is 3.08. The number of halogens is 1. The van der Waals surface area contributed by atoms with Crippen LogP contribution in [0, 0.1) is 6.92 Å².